The Balaban J connectivity index is 2.20. The number of aliphatic carboxylic acids is 1. The molecule has 0 fully saturated rings. The molecule has 0 heterocycles. The zero-order chi connectivity index (χ0) is 14.5. The van der Waals surface area contributed by atoms with E-state index in [2.05, 4.69) is 0 Å². The van der Waals surface area contributed by atoms with Crippen LogP contribution < -0.4 is 14.6 Å². The number of hydrogen-bond acceptors (Lipinski definition) is 4. The molecule has 1 unspecified atom stereocenters. The molecule has 0 spiro atoms. The monoisotopic (exact) mass is 271 g/mol. The third kappa shape index (κ3) is 3.29. The second-order valence-corrected chi connectivity index (χ2v) is 4.40. The van der Waals surface area contributed by atoms with Crippen molar-refractivity contribution in [2.75, 3.05) is 7.11 Å². The lowest BCUT2D eigenvalue weighted by Gasteiger charge is -2.20. The van der Waals surface area contributed by atoms with E-state index in [0.29, 0.717) is 17.1 Å². The van der Waals surface area contributed by atoms with Crippen molar-refractivity contribution >= 4 is 5.97 Å². The number of carboxylic acids is 1. The standard InChI is InChI=1S/C16H16O4/c1-11-3-5-12(6-4-11)15(16(17)18)20-14-9-7-13(19-2)8-10-14/h3-10,15H,1-2H3,(H,17,18)/p-1. The first-order chi connectivity index (χ1) is 9.60. The number of benzene rings is 2. The maximum atomic E-state index is 11.3. The lowest BCUT2D eigenvalue weighted by molar-refractivity contribution is -0.314. The van der Waals surface area contributed by atoms with Crippen molar-refractivity contribution in [1.82, 2.24) is 0 Å². The van der Waals surface area contributed by atoms with Gasteiger partial charge in [-0.05, 0) is 36.8 Å². The molecule has 1 atom stereocenters. The highest BCUT2D eigenvalue weighted by atomic mass is 16.5. The van der Waals surface area contributed by atoms with Crippen LogP contribution in [0.15, 0.2) is 48.5 Å². The van der Waals surface area contributed by atoms with Gasteiger partial charge in [-0.25, -0.2) is 0 Å². The Bertz CT molecular complexity index is 572. The van der Waals surface area contributed by atoms with Crippen LogP contribution in [0.25, 0.3) is 0 Å². The molecule has 20 heavy (non-hydrogen) atoms. The van der Waals surface area contributed by atoms with Gasteiger partial charge in [0.25, 0.3) is 0 Å². The van der Waals surface area contributed by atoms with Crippen molar-refractivity contribution in [2.45, 2.75) is 13.0 Å². The minimum absolute atomic E-state index is 0.445. The molecule has 4 nitrogen and oxygen atoms in total. The van der Waals surface area contributed by atoms with Gasteiger partial charge < -0.3 is 19.4 Å². The summed E-state index contributed by atoms with van der Waals surface area (Å²) < 4.78 is 10.5. The van der Waals surface area contributed by atoms with Crippen LogP contribution >= 0.6 is 0 Å². The topological polar surface area (TPSA) is 58.6 Å². The van der Waals surface area contributed by atoms with Crippen molar-refractivity contribution < 1.29 is 19.4 Å². The Labute approximate surface area is 117 Å². The summed E-state index contributed by atoms with van der Waals surface area (Å²) in [4.78, 5) is 11.3. The first-order valence-corrected chi connectivity index (χ1v) is 6.18. The van der Waals surface area contributed by atoms with Crippen LogP contribution in [0.2, 0.25) is 0 Å². The normalized spacial score (nSPS) is 11.7. The van der Waals surface area contributed by atoms with E-state index in [1.807, 2.05) is 19.1 Å². The van der Waals surface area contributed by atoms with Crippen molar-refractivity contribution in [3.05, 3.63) is 59.7 Å². The zero-order valence-electron chi connectivity index (χ0n) is 11.3. The smallest absolute Gasteiger partial charge is 0.163 e. The van der Waals surface area contributed by atoms with Gasteiger partial charge in [-0.15, -0.1) is 0 Å². The van der Waals surface area contributed by atoms with Crippen molar-refractivity contribution in [3.8, 4) is 11.5 Å². The number of carbonyl (C=O) groups excluding carboxylic acids is 1. The number of methoxy groups -OCH3 is 1. The molecular formula is C16H15O4-. The quantitative estimate of drug-likeness (QED) is 0.833. The molecule has 4 heteroatoms. The average Bonchev–Trinajstić information content (AvgIpc) is 2.46. The predicted molar refractivity (Wildman–Crippen MR) is 72.5 cm³/mol. The number of carbonyl (C=O) groups is 1. The average molecular weight is 271 g/mol. The van der Waals surface area contributed by atoms with Crippen molar-refractivity contribution in [2.24, 2.45) is 0 Å². The molecule has 0 radical (unpaired) electrons. The summed E-state index contributed by atoms with van der Waals surface area (Å²) >= 11 is 0. The molecular weight excluding hydrogens is 256 g/mol. The van der Waals surface area contributed by atoms with Gasteiger partial charge in [0.1, 0.15) is 11.5 Å². The van der Waals surface area contributed by atoms with Crippen LogP contribution in [0.1, 0.15) is 17.2 Å². The number of carboxylic acid groups (broad SMARTS) is 1. The molecule has 0 aliphatic heterocycles. The van der Waals surface area contributed by atoms with Crippen LogP contribution in [0.5, 0.6) is 11.5 Å². The summed E-state index contributed by atoms with van der Waals surface area (Å²) in [6.45, 7) is 1.93. The highest BCUT2D eigenvalue weighted by molar-refractivity contribution is 5.72. The summed E-state index contributed by atoms with van der Waals surface area (Å²) in [7, 11) is 1.56. The lowest BCUT2D eigenvalue weighted by Crippen LogP contribution is -2.33. The third-order valence-electron chi connectivity index (χ3n) is 2.91. The maximum absolute atomic E-state index is 11.3. The van der Waals surface area contributed by atoms with Gasteiger partial charge in [0.05, 0.1) is 13.1 Å². The first kappa shape index (κ1) is 13.9. The summed E-state index contributed by atoms with van der Waals surface area (Å²) in [5.41, 5.74) is 1.60. The summed E-state index contributed by atoms with van der Waals surface area (Å²) in [6, 6.07) is 13.8. The Hall–Kier alpha value is -2.49. The van der Waals surface area contributed by atoms with E-state index in [1.54, 1.807) is 43.5 Å². The molecule has 0 aromatic heterocycles. The molecule has 2 rings (SSSR count). The van der Waals surface area contributed by atoms with E-state index in [0.717, 1.165) is 5.56 Å². The second-order valence-electron chi connectivity index (χ2n) is 4.40. The number of rotatable bonds is 5. The SMILES string of the molecule is COc1ccc(OC(C(=O)[O-])c2ccc(C)cc2)cc1. The highest BCUT2D eigenvalue weighted by Crippen LogP contribution is 2.24. The van der Waals surface area contributed by atoms with Crippen LogP contribution in [0.4, 0.5) is 0 Å². The van der Waals surface area contributed by atoms with Gasteiger partial charge >= 0.3 is 0 Å². The Morgan fingerprint density at radius 3 is 2.05 bits per heavy atom. The fourth-order valence-corrected chi connectivity index (χ4v) is 1.78. The maximum Gasteiger partial charge on any atom is 0.163 e. The van der Waals surface area contributed by atoms with E-state index >= 15 is 0 Å². The van der Waals surface area contributed by atoms with E-state index in [-0.39, 0.29) is 0 Å². The number of aryl methyl sites for hydroxylation is 1. The fourth-order valence-electron chi connectivity index (χ4n) is 1.78. The van der Waals surface area contributed by atoms with Crippen LogP contribution in [-0.4, -0.2) is 13.1 Å². The molecule has 0 bridgehead atoms. The van der Waals surface area contributed by atoms with Gasteiger partial charge in [-0.1, -0.05) is 29.8 Å². The summed E-state index contributed by atoms with van der Waals surface area (Å²) in [5.74, 6) is -0.150. The summed E-state index contributed by atoms with van der Waals surface area (Å²) in [6.07, 6.45) is -1.14. The molecule has 0 saturated heterocycles. The van der Waals surface area contributed by atoms with Gasteiger partial charge in [-0.3, -0.25) is 0 Å². The Morgan fingerprint density at radius 2 is 1.55 bits per heavy atom. The predicted octanol–water partition coefficient (Wildman–Crippen LogP) is 1.87. The molecule has 2 aromatic rings. The zero-order valence-corrected chi connectivity index (χ0v) is 11.3. The van der Waals surface area contributed by atoms with Gasteiger partial charge in [0.15, 0.2) is 6.10 Å². The Kier molecular flexibility index (Phi) is 4.25. The molecule has 104 valence electrons. The van der Waals surface area contributed by atoms with Gasteiger partial charge in [-0.2, -0.15) is 0 Å². The van der Waals surface area contributed by atoms with E-state index in [9.17, 15) is 9.90 Å². The molecule has 0 saturated carbocycles. The van der Waals surface area contributed by atoms with E-state index in [1.165, 1.54) is 0 Å². The molecule has 0 aliphatic carbocycles. The van der Waals surface area contributed by atoms with E-state index in [4.69, 9.17) is 9.47 Å². The largest absolute Gasteiger partial charge is 0.546 e. The van der Waals surface area contributed by atoms with Gasteiger partial charge in [0, 0.05) is 0 Å². The Morgan fingerprint density at radius 1 is 1.00 bits per heavy atom. The fraction of sp³-hybridized carbons (Fsp3) is 0.188. The molecule has 0 N–H and O–H groups in total. The molecule has 0 aliphatic rings. The summed E-state index contributed by atoms with van der Waals surface area (Å²) in [5, 5.41) is 11.3. The lowest BCUT2D eigenvalue weighted by atomic mass is 10.1. The van der Waals surface area contributed by atoms with Gasteiger partial charge in [0.2, 0.25) is 0 Å². The first-order valence-electron chi connectivity index (χ1n) is 6.18. The van der Waals surface area contributed by atoms with Crippen molar-refractivity contribution in [1.29, 1.82) is 0 Å². The third-order valence-corrected chi connectivity index (χ3v) is 2.91. The van der Waals surface area contributed by atoms with Crippen LogP contribution in [0.3, 0.4) is 0 Å². The van der Waals surface area contributed by atoms with Crippen LogP contribution in [0, 0.1) is 6.92 Å². The number of ether oxygens (including phenoxy) is 2. The molecule has 0 amide bonds. The minimum atomic E-state index is -1.27. The van der Waals surface area contributed by atoms with Crippen molar-refractivity contribution in [3.63, 3.8) is 0 Å². The second kappa shape index (κ2) is 6.10. The molecule has 2 aromatic carbocycles. The highest BCUT2D eigenvalue weighted by Gasteiger charge is 2.14. The minimum Gasteiger partial charge on any atom is -0.546 e. The van der Waals surface area contributed by atoms with E-state index < -0.39 is 12.1 Å². The number of hydrogen-bond donors (Lipinski definition) is 0. The van der Waals surface area contributed by atoms with Crippen LogP contribution in [-0.2, 0) is 4.79 Å².